The van der Waals surface area contributed by atoms with Gasteiger partial charge >= 0.3 is 11.9 Å². The largest absolute Gasteiger partial charge is 0.445 e. The average Bonchev–Trinajstić information content (AvgIpc) is 2.46. The van der Waals surface area contributed by atoms with Crippen molar-refractivity contribution in [2.24, 2.45) is 0 Å². The molecule has 0 saturated heterocycles. The molecule has 0 bridgehead atoms. The highest BCUT2D eigenvalue weighted by Crippen LogP contribution is 2.17. The van der Waals surface area contributed by atoms with Gasteiger partial charge in [-0.1, -0.05) is 12.8 Å². The zero-order valence-corrected chi connectivity index (χ0v) is 12.4. The number of carbonyl (C=O) groups is 2. The van der Waals surface area contributed by atoms with E-state index >= 15 is 0 Å². The van der Waals surface area contributed by atoms with Gasteiger partial charge in [0, 0.05) is 6.42 Å². The Bertz CT molecular complexity index is 712. The lowest BCUT2D eigenvalue weighted by molar-refractivity contribution is -0.145. The highest BCUT2D eigenvalue weighted by molar-refractivity contribution is 5.84. The molecule has 110 valence electrons. The molecule has 0 aromatic rings. The summed E-state index contributed by atoms with van der Waals surface area (Å²) in [4.78, 5) is 22.8. The van der Waals surface area contributed by atoms with E-state index in [-0.39, 0.29) is 18.1 Å². The van der Waals surface area contributed by atoms with E-state index in [2.05, 4.69) is 47.4 Å². The lowest BCUT2D eigenvalue weighted by atomic mass is 10.1. The molecule has 0 amide bonds. The number of cyclic esters (lactones) is 1. The van der Waals surface area contributed by atoms with E-state index < -0.39 is 12.1 Å². The Kier molecular flexibility index (Phi) is 7.53. The average molecular weight is 294 g/mol. The summed E-state index contributed by atoms with van der Waals surface area (Å²) in [6, 6.07) is 0. The summed E-state index contributed by atoms with van der Waals surface area (Å²) in [6.07, 6.45) is 1.68. The van der Waals surface area contributed by atoms with Crippen LogP contribution in [-0.2, 0) is 19.1 Å². The van der Waals surface area contributed by atoms with Gasteiger partial charge in [-0.15, -0.1) is 0 Å². The molecule has 1 unspecified atom stereocenters. The van der Waals surface area contributed by atoms with Crippen molar-refractivity contribution in [1.29, 1.82) is 0 Å². The Morgan fingerprint density at radius 3 is 2.64 bits per heavy atom. The monoisotopic (exact) mass is 294 g/mol. The zero-order chi connectivity index (χ0) is 16.2. The molecule has 0 fully saturated rings. The van der Waals surface area contributed by atoms with Crippen molar-refractivity contribution in [3.8, 4) is 47.4 Å². The highest BCUT2D eigenvalue weighted by Gasteiger charge is 2.22. The number of rotatable bonds is 3. The van der Waals surface area contributed by atoms with Gasteiger partial charge in [-0.3, -0.25) is 4.79 Å². The first-order valence-corrected chi connectivity index (χ1v) is 6.69. The molecule has 0 aromatic carbocycles. The molecule has 0 aliphatic carbocycles. The van der Waals surface area contributed by atoms with E-state index in [0.717, 1.165) is 6.08 Å². The van der Waals surface area contributed by atoms with E-state index in [1.165, 1.54) is 0 Å². The first-order chi connectivity index (χ1) is 10.7. The third-order valence-corrected chi connectivity index (χ3v) is 2.29. The van der Waals surface area contributed by atoms with Crippen molar-refractivity contribution in [2.45, 2.75) is 39.2 Å². The van der Waals surface area contributed by atoms with E-state index in [4.69, 9.17) is 9.47 Å². The maximum absolute atomic E-state index is 11.4. The van der Waals surface area contributed by atoms with Crippen LogP contribution in [0.2, 0.25) is 0 Å². The maximum atomic E-state index is 11.4. The van der Waals surface area contributed by atoms with Crippen LogP contribution in [0.4, 0.5) is 0 Å². The molecule has 1 heterocycles. The SMILES string of the molecule is CC#CC#CC#CC#CC1CC(OC(=O)CCC)=CC(=O)O1. The molecule has 1 rings (SSSR count). The van der Waals surface area contributed by atoms with Crippen LogP contribution in [0.1, 0.15) is 33.1 Å². The number of hydrogen-bond donors (Lipinski definition) is 0. The predicted molar refractivity (Wildman–Crippen MR) is 80.4 cm³/mol. The fourth-order valence-corrected chi connectivity index (χ4v) is 1.45. The maximum Gasteiger partial charge on any atom is 0.335 e. The molecule has 0 spiro atoms. The van der Waals surface area contributed by atoms with Crippen LogP contribution in [0.25, 0.3) is 0 Å². The van der Waals surface area contributed by atoms with Crippen LogP contribution in [-0.4, -0.2) is 18.0 Å². The number of hydrogen-bond acceptors (Lipinski definition) is 4. The highest BCUT2D eigenvalue weighted by atomic mass is 16.6. The van der Waals surface area contributed by atoms with Gasteiger partial charge in [0.1, 0.15) is 5.76 Å². The summed E-state index contributed by atoms with van der Waals surface area (Å²) in [5.41, 5.74) is 0. The van der Waals surface area contributed by atoms with Gasteiger partial charge in [0.2, 0.25) is 0 Å². The second-order valence-corrected chi connectivity index (χ2v) is 4.11. The van der Waals surface area contributed by atoms with Gasteiger partial charge in [0.25, 0.3) is 0 Å². The van der Waals surface area contributed by atoms with Crippen LogP contribution in [0.3, 0.4) is 0 Å². The number of ether oxygens (including phenoxy) is 2. The number of carbonyl (C=O) groups excluding carboxylic acids is 2. The van der Waals surface area contributed by atoms with E-state index in [1.807, 2.05) is 6.92 Å². The van der Waals surface area contributed by atoms with Crippen molar-refractivity contribution >= 4 is 11.9 Å². The molecular formula is C18H14O4. The Morgan fingerprint density at radius 2 is 1.95 bits per heavy atom. The minimum absolute atomic E-state index is 0.225. The van der Waals surface area contributed by atoms with Gasteiger partial charge < -0.3 is 9.47 Å². The predicted octanol–water partition coefficient (Wildman–Crippen LogP) is 1.56. The second kappa shape index (κ2) is 9.77. The van der Waals surface area contributed by atoms with Crippen molar-refractivity contribution in [3.05, 3.63) is 11.8 Å². The van der Waals surface area contributed by atoms with Gasteiger partial charge in [-0.05, 0) is 54.8 Å². The van der Waals surface area contributed by atoms with Crippen molar-refractivity contribution < 1.29 is 19.1 Å². The summed E-state index contributed by atoms with van der Waals surface area (Å²) < 4.78 is 10.1. The van der Waals surface area contributed by atoms with Crippen LogP contribution >= 0.6 is 0 Å². The van der Waals surface area contributed by atoms with E-state index in [9.17, 15) is 9.59 Å². The van der Waals surface area contributed by atoms with Crippen molar-refractivity contribution in [1.82, 2.24) is 0 Å². The molecule has 1 aliphatic rings. The Balaban J connectivity index is 2.62. The van der Waals surface area contributed by atoms with E-state index in [1.54, 1.807) is 6.92 Å². The first-order valence-electron chi connectivity index (χ1n) is 6.69. The topological polar surface area (TPSA) is 52.6 Å². The van der Waals surface area contributed by atoms with Gasteiger partial charge in [-0.2, -0.15) is 0 Å². The molecule has 1 aliphatic heterocycles. The Morgan fingerprint density at radius 1 is 1.27 bits per heavy atom. The summed E-state index contributed by atoms with van der Waals surface area (Å²) in [7, 11) is 0. The fourth-order valence-electron chi connectivity index (χ4n) is 1.45. The van der Waals surface area contributed by atoms with Gasteiger partial charge in [-0.25, -0.2) is 4.79 Å². The second-order valence-electron chi connectivity index (χ2n) is 4.11. The van der Waals surface area contributed by atoms with Crippen LogP contribution < -0.4 is 0 Å². The quantitative estimate of drug-likeness (QED) is 0.585. The van der Waals surface area contributed by atoms with Gasteiger partial charge in [0.15, 0.2) is 6.10 Å². The zero-order valence-electron chi connectivity index (χ0n) is 12.4. The third kappa shape index (κ3) is 6.91. The third-order valence-electron chi connectivity index (χ3n) is 2.29. The molecule has 0 aromatic heterocycles. The van der Waals surface area contributed by atoms with Crippen LogP contribution in [0.15, 0.2) is 11.8 Å². The standard InChI is InChI=1S/C18H14O4/c1-3-5-6-7-8-9-10-12-15-13-16(14-18(20)21-15)22-17(19)11-4-2/h14-15H,4,11,13H2,1-2H3. The summed E-state index contributed by atoms with van der Waals surface area (Å²) in [5, 5.41) is 0. The molecule has 0 N–H and O–H groups in total. The van der Waals surface area contributed by atoms with E-state index in [0.29, 0.717) is 12.8 Å². The molecular weight excluding hydrogens is 280 g/mol. The van der Waals surface area contributed by atoms with Gasteiger partial charge in [0.05, 0.1) is 12.5 Å². The number of esters is 2. The minimum atomic E-state index is -0.681. The minimum Gasteiger partial charge on any atom is -0.445 e. The summed E-state index contributed by atoms with van der Waals surface area (Å²) >= 11 is 0. The molecule has 22 heavy (non-hydrogen) atoms. The molecule has 0 radical (unpaired) electrons. The summed E-state index contributed by atoms with van der Waals surface area (Å²) in [6.45, 7) is 3.55. The fraction of sp³-hybridized carbons (Fsp3) is 0.333. The Hall–Kier alpha value is -3.08. The van der Waals surface area contributed by atoms with Crippen LogP contribution in [0.5, 0.6) is 0 Å². The molecule has 0 saturated carbocycles. The lowest BCUT2D eigenvalue weighted by Crippen LogP contribution is -2.23. The van der Waals surface area contributed by atoms with Crippen LogP contribution in [0, 0.1) is 47.4 Å². The molecule has 4 heteroatoms. The molecule has 4 nitrogen and oxygen atoms in total. The lowest BCUT2D eigenvalue weighted by Gasteiger charge is -2.18. The Labute approximate surface area is 130 Å². The van der Waals surface area contributed by atoms with Crippen molar-refractivity contribution in [3.63, 3.8) is 0 Å². The first kappa shape index (κ1) is 17.0. The smallest absolute Gasteiger partial charge is 0.335 e. The normalized spacial score (nSPS) is 14.9. The summed E-state index contributed by atoms with van der Waals surface area (Å²) in [5.74, 6) is 19.7. The van der Waals surface area contributed by atoms with Crippen molar-refractivity contribution in [2.75, 3.05) is 0 Å². The molecule has 1 atom stereocenters.